The summed E-state index contributed by atoms with van der Waals surface area (Å²) in [5.41, 5.74) is 3.82. The van der Waals surface area contributed by atoms with Gasteiger partial charge in [-0.3, -0.25) is 4.39 Å². The molecule has 54 heavy (non-hydrogen) atoms. The number of para-hydroxylation sites is 1. The molecular formula is C48H51FIrN2OSi-2. The standard InChI is InChI=1S/C34H36NO.C14H15FNSi.Ir/c1-21-18-23(32(33(3,4)5)34(6,7)8)16-17-24(21)28-19-29(35-20-22(28)2)27-14-11-13-26-25-12-9-10-15-30(25)36-31(26)27;1-17(2,3)13-8-9-14(16-10-13)11-4-6-12(15)7-5-11;/h9-13,15-20,32H,1-8H3;4,6-10H,1-3H3;/q2*-1;/i1D3,2D3,32D;;. The number of benzene rings is 4. The Kier molecular flexibility index (Phi) is 9.42. The molecule has 0 aliphatic carbocycles. The van der Waals surface area contributed by atoms with Crippen molar-refractivity contribution in [2.45, 2.75) is 80.8 Å². The minimum absolute atomic E-state index is 0. The Labute approximate surface area is 345 Å². The van der Waals surface area contributed by atoms with Crippen molar-refractivity contribution in [3.63, 3.8) is 0 Å². The zero-order chi connectivity index (χ0) is 44.2. The van der Waals surface area contributed by atoms with Crippen LogP contribution in [0, 0.1) is 42.5 Å². The summed E-state index contributed by atoms with van der Waals surface area (Å²) < 4.78 is 78.9. The summed E-state index contributed by atoms with van der Waals surface area (Å²) in [7, 11) is -1.30. The van der Waals surface area contributed by atoms with E-state index in [0.29, 0.717) is 28.0 Å². The average molecular weight is 918 g/mol. The molecule has 0 aliphatic heterocycles. The number of aryl methyl sites for hydroxylation is 2. The van der Waals surface area contributed by atoms with Gasteiger partial charge in [-0.05, 0) is 80.9 Å². The molecule has 6 heteroatoms. The molecule has 0 saturated heterocycles. The molecule has 0 saturated carbocycles. The molecule has 0 atom stereocenters. The van der Waals surface area contributed by atoms with Gasteiger partial charge in [0.05, 0.1) is 13.7 Å². The predicted molar refractivity (Wildman–Crippen MR) is 224 cm³/mol. The molecule has 0 fully saturated rings. The van der Waals surface area contributed by atoms with Gasteiger partial charge in [-0.15, -0.1) is 48.0 Å². The summed E-state index contributed by atoms with van der Waals surface area (Å²) in [5, 5.41) is 3.13. The van der Waals surface area contributed by atoms with E-state index in [1.165, 1.54) is 23.5 Å². The molecule has 0 unspecified atom stereocenters. The fourth-order valence-electron chi connectivity index (χ4n) is 7.18. The largest absolute Gasteiger partial charge is 0.501 e. The topological polar surface area (TPSA) is 38.9 Å². The van der Waals surface area contributed by atoms with E-state index in [0.717, 1.165) is 22.0 Å². The van der Waals surface area contributed by atoms with Gasteiger partial charge in [0.2, 0.25) is 0 Å². The van der Waals surface area contributed by atoms with Gasteiger partial charge >= 0.3 is 0 Å². The Balaban J connectivity index is 0.000000327. The zero-order valence-corrected chi connectivity index (χ0v) is 35.7. The number of nitrogens with zero attached hydrogens (tertiary/aromatic N) is 2. The van der Waals surface area contributed by atoms with Crippen molar-refractivity contribution in [2.24, 2.45) is 10.8 Å². The minimum atomic E-state index is -2.58. The van der Waals surface area contributed by atoms with Gasteiger partial charge in [-0.2, -0.15) is 0 Å². The molecule has 0 bridgehead atoms. The van der Waals surface area contributed by atoms with Crippen molar-refractivity contribution < 1.29 is 38.5 Å². The van der Waals surface area contributed by atoms with Crippen LogP contribution in [0.5, 0.6) is 0 Å². The quantitative estimate of drug-likeness (QED) is 0.128. The maximum atomic E-state index is 12.8. The van der Waals surface area contributed by atoms with Crippen LogP contribution in [0.2, 0.25) is 19.6 Å². The molecule has 3 heterocycles. The smallest absolute Gasteiger partial charge is 0.120 e. The molecule has 0 spiro atoms. The maximum Gasteiger partial charge on any atom is 0.120 e. The summed E-state index contributed by atoms with van der Waals surface area (Å²) in [6, 6.07) is 32.6. The number of furan rings is 1. The monoisotopic (exact) mass is 918 g/mol. The van der Waals surface area contributed by atoms with Crippen LogP contribution in [0.3, 0.4) is 0 Å². The third-order valence-electron chi connectivity index (χ3n) is 9.28. The van der Waals surface area contributed by atoms with Crippen molar-refractivity contribution in [1.29, 1.82) is 0 Å². The van der Waals surface area contributed by atoms with Crippen LogP contribution >= 0.6 is 0 Å². The number of hydrogen-bond acceptors (Lipinski definition) is 3. The second-order valence-electron chi connectivity index (χ2n) is 16.5. The summed E-state index contributed by atoms with van der Waals surface area (Å²) in [5.74, 6) is -1.42. The van der Waals surface area contributed by atoms with E-state index in [1.54, 1.807) is 36.4 Å². The summed E-state index contributed by atoms with van der Waals surface area (Å²) >= 11 is 0. The van der Waals surface area contributed by atoms with Gasteiger partial charge in [-0.1, -0.05) is 127 Å². The zero-order valence-electron chi connectivity index (χ0n) is 39.3. The van der Waals surface area contributed by atoms with Crippen LogP contribution in [0.15, 0.2) is 108 Å². The third kappa shape index (κ3) is 8.83. The summed E-state index contributed by atoms with van der Waals surface area (Å²) in [6.07, 6.45) is 3.22. The fourth-order valence-corrected chi connectivity index (χ4v) is 8.22. The molecule has 7 aromatic rings. The molecule has 4 aromatic carbocycles. The Morgan fingerprint density at radius 1 is 0.759 bits per heavy atom. The molecule has 7 rings (SSSR count). The predicted octanol–water partition coefficient (Wildman–Crippen LogP) is 13.1. The first kappa shape index (κ1) is 32.1. The second kappa shape index (κ2) is 15.9. The van der Waals surface area contributed by atoms with Crippen LogP contribution in [0.4, 0.5) is 4.39 Å². The number of pyridine rings is 2. The molecule has 0 N–H and O–H groups in total. The minimum Gasteiger partial charge on any atom is -0.501 e. The first-order valence-electron chi connectivity index (χ1n) is 21.3. The van der Waals surface area contributed by atoms with E-state index < -0.39 is 38.5 Å². The molecule has 1 radical (unpaired) electrons. The molecule has 0 amide bonds. The Bertz CT molecular complexity index is 2640. The Hall–Kier alpha value is -4.22. The Morgan fingerprint density at radius 3 is 2.11 bits per heavy atom. The van der Waals surface area contributed by atoms with Gasteiger partial charge in [0.1, 0.15) is 5.58 Å². The number of aromatic nitrogens is 2. The SMILES string of the molecule is C[Si](C)(C)c1ccc(-c2[c-]cc(F)cc2)nc1.[2H]C([2H])([2H])c1cnc(-c2[c-]ccc3c2oc2ccccc23)cc1-c1ccc(C([2H])(C(C)(C)C)C(C)(C)C)cc1C([2H])([2H])[2H].[Ir]. The van der Waals surface area contributed by atoms with Crippen LogP contribution in [0.1, 0.15) is 73.7 Å². The normalized spacial score (nSPS) is 14.7. The second-order valence-corrected chi connectivity index (χ2v) is 21.6. The van der Waals surface area contributed by atoms with Crippen LogP contribution in [0.25, 0.3) is 55.6 Å². The number of hydrogen-bond donors (Lipinski definition) is 0. The first-order valence-corrected chi connectivity index (χ1v) is 21.3. The van der Waals surface area contributed by atoms with Crippen LogP contribution in [-0.2, 0) is 20.1 Å². The summed E-state index contributed by atoms with van der Waals surface area (Å²) in [6.45, 7) is 13.6. The molecule has 0 aliphatic rings. The van der Waals surface area contributed by atoms with Crippen LogP contribution < -0.4 is 5.19 Å². The molecule has 3 nitrogen and oxygen atoms in total. The van der Waals surface area contributed by atoms with Gasteiger partial charge in [0, 0.05) is 53.3 Å². The molecule has 281 valence electrons. The van der Waals surface area contributed by atoms with Crippen molar-refractivity contribution in [3.8, 4) is 33.6 Å². The maximum absolute atomic E-state index is 12.8. The van der Waals surface area contributed by atoms with Crippen LogP contribution in [-0.4, -0.2) is 18.0 Å². The van der Waals surface area contributed by atoms with Crippen molar-refractivity contribution in [1.82, 2.24) is 9.97 Å². The van der Waals surface area contributed by atoms with Gasteiger partial charge in [-0.25, -0.2) is 0 Å². The van der Waals surface area contributed by atoms with Crippen molar-refractivity contribution in [3.05, 3.63) is 138 Å². The number of rotatable bonds is 5. The van der Waals surface area contributed by atoms with E-state index >= 15 is 0 Å². The van der Waals surface area contributed by atoms with E-state index in [4.69, 9.17) is 12.6 Å². The molecule has 3 aromatic heterocycles. The fraction of sp³-hybridized carbons (Fsp3) is 0.292. The number of fused-ring (bicyclic) bond motifs is 3. The van der Waals surface area contributed by atoms with Gasteiger partial charge in [0.25, 0.3) is 0 Å². The van der Waals surface area contributed by atoms with Crippen molar-refractivity contribution in [2.75, 3.05) is 0 Å². The van der Waals surface area contributed by atoms with Crippen molar-refractivity contribution >= 4 is 35.2 Å². The summed E-state index contributed by atoms with van der Waals surface area (Å²) in [4.78, 5) is 8.94. The van der Waals surface area contributed by atoms with E-state index in [1.807, 2.05) is 84.1 Å². The van der Waals surface area contributed by atoms with Gasteiger partial charge < -0.3 is 14.4 Å². The third-order valence-corrected chi connectivity index (χ3v) is 11.3. The number of halogens is 1. The van der Waals surface area contributed by atoms with Gasteiger partial charge in [0.15, 0.2) is 0 Å². The van der Waals surface area contributed by atoms with E-state index in [2.05, 4.69) is 47.8 Å². The van der Waals surface area contributed by atoms with E-state index in [9.17, 15) is 5.76 Å². The average Bonchev–Trinajstić information content (AvgIpc) is 3.55. The van der Waals surface area contributed by atoms with E-state index in [-0.39, 0.29) is 48.2 Å². The molecular weight excluding hydrogens is 860 g/mol. The first-order chi connectivity index (χ1) is 27.7. The Morgan fingerprint density at radius 2 is 1.48 bits per heavy atom.